The van der Waals surface area contributed by atoms with Crippen LogP contribution in [-0.4, -0.2) is 32.1 Å². The highest BCUT2D eigenvalue weighted by Gasteiger charge is 2.22. The van der Waals surface area contributed by atoms with Crippen molar-refractivity contribution in [1.82, 2.24) is 5.32 Å². The van der Waals surface area contributed by atoms with Crippen LogP contribution in [0, 0.1) is 12.3 Å². The van der Waals surface area contributed by atoms with Crippen molar-refractivity contribution in [3.05, 3.63) is 24.3 Å². The van der Waals surface area contributed by atoms with Gasteiger partial charge in [-0.3, -0.25) is 10.1 Å². The summed E-state index contributed by atoms with van der Waals surface area (Å²) < 4.78 is 5.48. The number of nitrogens with zero attached hydrogens (tertiary/aromatic N) is 1. The molecule has 0 aliphatic carbocycles. The van der Waals surface area contributed by atoms with Gasteiger partial charge in [-0.15, -0.1) is 6.42 Å². The Kier molecular flexibility index (Phi) is 3.63. The van der Waals surface area contributed by atoms with E-state index in [1.165, 1.54) is 0 Å². The summed E-state index contributed by atoms with van der Waals surface area (Å²) in [6.07, 6.45) is 5.11. The molecule has 1 aliphatic heterocycles. The van der Waals surface area contributed by atoms with Crippen molar-refractivity contribution >= 4 is 11.6 Å². The lowest BCUT2D eigenvalue weighted by Gasteiger charge is -2.29. The van der Waals surface area contributed by atoms with Gasteiger partial charge in [-0.1, -0.05) is 18.1 Å². The number of hydrogen-bond donors (Lipinski definition) is 1. The van der Waals surface area contributed by atoms with E-state index in [1.54, 1.807) is 4.90 Å². The lowest BCUT2D eigenvalue weighted by atomic mass is 10.2. The molecule has 0 aromatic heterocycles. The monoisotopic (exact) mass is 230 g/mol. The molecule has 0 fully saturated rings. The van der Waals surface area contributed by atoms with E-state index in [9.17, 15) is 4.79 Å². The van der Waals surface area contributed by atoms with Gasteiger partial charge >= 0.3 is 0 Å². The van der Waals surface area contributed by atoms with Gasteiger partial charge in [0.2, 0.25) is 5.91 Å². The van der Waals surface area contributed by atoms with Crippen LogP contribution in [0.25, 0.3) is 0 Å². The first-order chi connectivity index (χ1) is 8.33. The zero-order chi connectivity index (χ0) is 12.1. The van der Waals surface area contributed by atoms with E-state index in [4.69, 9.17) is 11.2 Å². The second-order valence-corrected chi connectivity index (χ2v) is 3.67. The van der Waals surface area contributed by atoms with Crippen LogP contribution in [0.15, 0.2) is 24.3 Å². The molecular weight excluding hydrogens is 216 g/mol. The summed E-state index contributed by atoms with van der Waals surface area (Å²) in [6, 6.07) is 7.53. The fraction of sp³-hybridized carbons (Fsp3) is 0.308. The topological polar surface area (TPSA) is 41.6 Å². The van der Waals surface area contributed by atoms with Gasteiger partial charge < -0.3 is 9.64 Å². The van der Waals surface area contributed by atoms with E-state index in [0.29, 0.717) is 19.7 Å². The number of anilines is 1. The van der Waals surface area contributed by atoms with Crippen molar-refractivity contribution in [2.45, 2.75) is 0 Å². The number of ether oxygens (including phenoxy) is 1. The maximum Gasteiger partial charge on any atom is 0.241 e. The molecule has 0 atom stereocenters. The van der Waals surface area contributed by atoms with Gasteiger partial charge in [-0.2, -0.15) is 0 Å². The van der Waals surface area contributed by atoms with Crippen molar-refractivity contribution in [2.75, 3.05) is 31.1 Å². The second-order valence-electron chi connectivity index (χ2n) is 3.67. The number of fused-ring (bicyclic) bond motifs is 1. The van der Waals surface area contributed by atoms with Crippen molar-refractivity contribution in [3.63, 3.8) is 0 Å². The fourth-order valence-corrected chi connectivity index (χ4v) is 1.77. The van der Waals surface area contributed by atoms with Crippen molar-refractivity contribution in [2.24, 2.45) is 0 Å². The van der Waals surface area contributed by atoms with E-state index < -0.39 is 0 Å². The third-order valence-electron chi connectivity index (χ3n) is 2.53. The fourth-order valence-electron chi connectivity index (χ4n) is 1.77. The van der Waals surface area contributed by atoms with Crippen LogP contribution in [0.5, 0.6) is 5.75 Å². The smallest absolute Gasteiger partial charge is 0.241 e. The number of nitrogens with one attached hydrogen (secondary N) is 1. The van der Waals surface area contributed by atoms with Gasteiger partial charge in [0, 0.05) is 0 Å². The standard InChI is InChI=1S/C13H14N2O2/c1-2-7-14-10-13(16)15-8-9-17-12-6-4-3-5-11(12)15/h1,3-6,14H,7-10H2. The minimum absolute atomic E-state index is 0.0102. The predicted molar refractivity (Wildman–Crippen MR) is 66.0 cm³/mol. The largest absolute Gasteiger partial charge is 0.490 e. The molecule has 4 heteroatoms. The molecule has 2 rings (SSSR count). The number of benzene rings is 1. The van der Waals surface area contributed by atoms with Gasteiger partial charge in [0.25, 0.3) is 0 Å². The first-order valence-electron chi connectivity index (χ1n) is 5.49. The Morgan fingerprint density at radius 2 is 2.35 bits per heavy atom. The number of terminal acetylenes is 1. The van der Waals surface area contributed by atoms with Crippen molar-refractivity contribution in [1.29, 1.82) is 0 Å². The van der Waals surface area contributed by atoms with Crippen LogP contribution in [-0.2, 0) is 4.79 Å². The summed E-state index contributed by atoms with van der Waals surface area (Å²) in [5.74, 6) is 3.20. The molecule has 4 nitrogen and oxygen atoms in total. The average molecular weight is 230 g/mol. The van der Waals surface area contributed by atoms with Crippen LogP contribution in [0.4, 0.5) is 5.69 Å². The lowest BCUT2D eigenvalue weighted by molar-refractivity contribution is -0.118. The minimum atomic E-state index is 0.0102. The molecule has 0 saturated carbocycles. The summed E-state index contributed by atoms with van der Waals surface area (Å²) in [7, 11) is 0. The summed E-state index contributed by atoms with van der Waals surface area (Å²) >= 11 is 0. The predicted octanol–water partition coefficient (Wildman–Crippen LogP) is 0.635. The molecule has 0 radical (unpaired) electrons. The maximum atomic E-state index is 12.0. The quantitative estimate of drug-likeness (QED) is 0.612. The Balaban J connectivity index is 2.08. The highest BCUT2D eigenvalue weighted by molar-refractivity contribution is 5.96. The molecule has 1 heterocycles. The van der Waals surface area contributed by atoms with Crippen molar-refractivity contribution < 1.29 is 9.53 Å². The van der Waals surface area contributed by atoms with Crippen molar-refractivity contribution in [3.8, 4) is 18.1 Å². The molecule has 0 bridgehead atoms. The third-order valence-corrected chi connectivity index (χ3v) is 2.53. The molecule has 1 aromatic carbocycles. The van der Waals surface area contributed by atoms with Gasteiger partial charge in [0.1, 0.15) is 12.4 Å². The molecule has 88 valence electrons. The van der Waals surface area contributed by atoms with Gasteiger partial charge in [0.05, 0.1) is 25.3 Å². The summed E-state index contributed by atoms with van der Waals surface area (Å²) in [6.45, 7) is 1.75. The highest BCUT2D eigenvalue weighted by Crippen LogP contribution is 2.30. The first kappa shape index (κ1) is 11.5. The Hall–Kier alpha value is -1.99. The Bertz CT molecular complexity index is 451. The molecule has 0 saturated heterocycles. The normalized spacial score (nSPS) is 13.5. The van der Waals surface area contributed by atoms with Crippen LogP contribution in [0.3, 0.4) is 0 Å². The number of amides is 1. The summed E-state index contributed by atoms with van der Waals surface area (Å²) in [5, 5.41) is 2.89. The number of carbonyl (C=O) groups excluding carboxylic acids is 1. The molecule has 1 aliphatic rings. The van der Waals surface area contributed by atoms with E-state index in [2.05, 4.69) is 11.2 Å². The number of hydrogen-bond acceptors (Lipinski definition) is 3. The van der Waals surface area contributed by atoms with Gasteiger partial charge in [-0.25, -0.2) is 0 Å². The van der Waals surface area contributed by atoms with E-state index >= 15 is 0 Å². The van der Waals surface area contributed by atoms with E-state index in [1.807, 2.05) is 24.3 Å². The van der Waals surface area contributed by atoms with Crippen LogP contribution in [0.1, 0.15) is 0 Å². The lowest BCUT2D eigenvalue weighted by Crippen LogP contribution is -2.42. The number of carbonyl (C=O) groups is 1. The van der Waals surface area contributed by atoms with Crippen LogP contribution >= 0.6 is 0 Å². The Labute approximate surface area is 101 Å². The maximum absolute atomic E-state index is 12.0. The molecule has 0 spiro atoms. The minimum Gasteiger partial charge on any atom is -0.490 e. The highest BCUT2D eigenvalue weighted by atomic mass is 16.5. The Morgan fingerprint density at radius 1 is 1.53 bits per heavy atom. The molecule has 17 heavy (non-hydrogen) atoms. The van der Waals surface area contributed by atoms with Crippen LogP contribution in [0.2, 0.25) is 0 Å². The summed E-state index contributed by atoms with van der Waals surface area (Å²) in [4.78, 5) is 13.7. The van der Waals surface area contributed by atoms with Gasteiger partial charge in [0.15, 0.2) is 0 Å². The SMILES string of the molecule is C#CCNCC(=O)N1CCOc2ccccc21. The molecule has 1 amide bonds. The van der Waals surface area contributed by atoms with E-state index in [-0.39, 0.29) is 12.5 Å². The molecule has 1 N–H and O–H groups in total. The number of rotatable bonds is 3. The zero-order valence-corrected chi connectivity index (χ0v) is 9.48. The average Bonchev–Trinajstić information content (AvgIpc) is 2.38. The third kappa shape index (κ3) is 2.58. The zero-order valence-electron chi connectivity index (χ0n) is 9.48. The first-order valence-corrected chi connectivity index (χ1v) is 5.49. The number of para-hydroxylation sites is 2. The second kappa shape index (κ2) is 5.37. The molecular formula is C13H14N2O2. The Morgan fingerprint density at radius 3 is 3.18 bits per heavy atom. The van der Waals surface area contributed by atoms with E-state index in [0.717, 1.165) is 11.4 Å². The van der Waals surface area contributed by atoms with Gasteiger partial charge in [-0.05, 0) is 12.1 Å². The summed E-state index contributed by atoms with van der Waals surface area (Å²) in [5.41, 5.74) is 0.825. The molecule has 0 unspecified atom stereocenters. The van der Waals surface area contributed by atoms with Crippen LogP contribution < -0.4 is 15.0 Å². The molecule has 1 aromatic rings.